The fourth-order valence-electron chi connectivity index (χ4n) is 3.97. The van der Waals surface area contributed by atoms with E-state index in [9.17, 15) is 4.79 Å². The summed E-state index contributed by atoms with van der Waals surface area (Å²) in [4.78, 5) is 35.3. The van der Waals surface area contributed by atoms with Crippen LogP contribution in [0.15, 0.2) is 51.9 Å². The Morgan fingerprint density at radius 2 is 1.59 bits per heavy atom. The number of carbonyl (C=O) groups excluding carboxylic acids is 1. The van der Waals surface area contributed by atoms with Crippen LogP contribution in [0.1, 0.15) is 62.0 Å². The monoisotopic (exact) mass is 649 g/mol. The molecule has 0 spiro atoms. The molecule has 200 valence electrons. The standard InChI is InChI=1S/C15H16BrN5.C14H13BrN2O/c1-2-3-4-10-6-13(21-15(17)20-10)12-8-19-14-11(12)5-9(16)7-18-14;1-2-3-4-5-6-13(18)12-9-17-14-11(12)7-10(15)8-16-14/h5-8H,2-4H2,1H3,(H,18,19)(H2,17,20,21);7-9H,2-4H2,1H3,(H,16,17). The zero-order valence-electron chi connectivity index (χ0n) is 21.8. The molecule has 0 saturated heterocycles. The molecule has 5 aromatic rings. The Kier molecular flexibility index (Phi) is 9.85. The van der Waals surface area contributed by atoms with Gasteiger partial charge in [-0.05, 0) is 75.2 Å². The van der Waals surface area contributed by atoms with Gasteiger partial charge in [0.1, 0.15) is 11.3 Å². The number of fused-ring (bicyclic) bond motifs is 2. The van der Waals surface area contributed by atoms with Gasteiger partial charge in [0.05, 0.1) is 11.3 Å². The Labute approximate surface area is 243 Å². The van der Waals surface area contributed by atoms with E-state index >= 15 is 0 Å². The maximum atomic E-state index is 12.0. The molecule has 0 aliphatic heterocycles. The van der Waals surface area contributed by atoms with Crippen LogP contribution in [0.25, 0.3) is 33.3 Å². The molecule has 0 saturated carbocycles. The Balaban J connectivity index is 0.000000183. The van der Waals surface area contributed by atoms with E-state index in [1.807, 2.05) is 24.4 Å². The van der Waals surface area contributed by atoms with Crippen LogP contribution in [0, 0.1) is 11.8 Å². The number of Topliss-reactive ketones (excluding diaryl/α,β-unsaturated/α-hetero) is 1. The predicted octanol–water partition coefficient (Wildman–Crippen LogP) is 7.41. The molecular formula is C29H29Br2N7O. The second-order valence-corrected chi connectivity index (χ2v) is 10.8. The number of nitrogens with one attached hydrogen (secondary N) is 2. The molecule has 4 N–H and O–H groups in total. The summed E-state index contributed by atoms with van der Waals surface area (Å²) in [6.45, 7) is 4.26. The Bertz CT molecular complexity index is 1660. The van der Waals surface area contributed by atoms with Gasteiger partial charge in [-0.3, -0.25) is 4.79 Å². The number of nitrogens with two attached hydrogens (primary N) is 1. The molecule has 8 nitrogen and oxygen atoms in total. The molecule has 0 amide bonds. The van der Waals surface area contributed by atoms with E-state index in [2.05, 4.69) is 87.5 Å². The van der Waals surface area contributed by atoms with Crippen LogP contribution in [0.5, 0.6) is 0 Å². The second-order valence-electron chi connectivity index (χ2n) is 8.94. The van der Waals surface area contributed by atoms with Crippen LogP contribution in [-0.4, -0.2) is 35.7 Å². The van der Waals surface area contributed by atoms with Crippen molar-refractivity contribution in [2.45, 2.75) is 52.4 Å². The number of hydrogen-bond acceptors (Lipinski definition) is 6. The minimum atomic E-state index is -0.155. The fourth-order valence-corrected chi connectivity index (χ4v) is 4.64. The zero-order chi connectivity index (χ0) is 27.8. The van der Waals surface area contributed by atoms with Gasteiger partial charge < -0.3 is 15.7 Å². The Hall–Kier alpha value is -3.55. The molecule has 0 atom stereocenters. The van der Waals surface area contributed by atoms with Crippen molar-refractivity contribution in [2.24, 2.45) is 0 Å². The van der Waals surface area contributed by atoms with E-state index in [1.54, 1.807) is 18.6 Å². The van der Waals surface area contributed by atoms with Gasteiger partial charge in [0, 0.05) is 62.2 Å². The number of aromatic amines is 2. The van der Waals surface area contributed by atoms with Crippen molar-refractivity contribution in [3.63, 3.8) is 0 Å². The quantitative estimate of drug-likeness (QED) is 0.0729. The first kappa shape index (κ1) is 28.5. The lowest BCUT2D eigenvalue weighted by Crippen LogP contribution is -2.01. The average molecular weight is 651 g/mol. The van der Waals surface area contributed by atoms with Crippen molar-refractivity contribution in [3.8, 4) is 23.1 Å². The van der Waals surface area contributed by atoms with Gasteiger partial charge in [0.2, 0.25) is 11.7 Å². The number of carbonyl (C=O) groups is 1. The van der Waals surface area contributed by atoms with Crippen molar-refractivity contribution in [1.29, 1.82) is 0 Å². The van der Waals surface area contributed by atoms with Crippen LogP contribution < -0.4 is 5.73 Å². The normalized spacial score (nSPS) is 10.7. The molecular weight excluding hydrogens is 622 g/mol. The molecule has 5 rings (SSSR count). The third-order valence-electron chi connectivity index (χ3n) is 5.96. The first-order chi connectivity index (χ1) is 18.9. The molecule has 0 radical (unpaired) electrons. The van der Waals surface area contributed by atoms with E-state index in [0.717, 1.165) is 80.8 Å². The number of anilines is 1. The smallest absolute Gasteiger partial charge is 0.238 e. The number of nitrogens with zero attached hydrogens (tertiary/aromatic N) is 4. The van der Waals surface area contributed by atoms with Crippen molar-refractivity contribution < 1.29 is 4.79 Å². The van der Waals surface area contributed by atoms with Gasteiger partial charge >= 0.3 is 0 Å². The lowest BCUT2D eigenvalue weighted by Gasteiger charge is -2.05. The van der Waals surface area contributed by atoms with Crippen molar-refractivity contribution >= 4 is 65.7 Å². The highest BCUT2D eigenvalue weighted by atomic mass is 79.9. The first-order valence-corrected chi connectivity index (χ1v) is 14.4. The van der Waals surface area contributed by atoms with Gasteiger partial charge in [0.25, 0.3) is 0 Å². The number of halogens is 2. The van der Waals surface area contributed by atoms with E-state index in [-0.39, 0.29) is 5.78 Å². The fraction of sp³-hybridized carbons (Fsp3) is 0.276. The van der Waals surface area contributed by atoms with Crippen LogP contribution >= 0.6 is 31.9 Å². The SMILES string of the molecule is CCCCC#CC(=O)c1c[nH]c2ncc(Br)cc12.CCCCc1cc(-c2c[nH]c3ncc(Br)cc23)nc(N)n1. The number of rotatable bonds is 7. The van der Waals surface area contributed by atoms with Crippen molar-refractivity contribution in [3.05, 3.63) is 63.2 Å². The van der Waals surface area contributed by atoms with Crippen LogP contribution in [0.2, 0.25) is 0 Å². The lowest BCUT2D eigenvalue weighted by molar-refractivity contribution is 0.105. The number of unbranched alkanes of at least 4 members (excludes halogenated alkanes) is 3. The zero-order valence-corrected chi connectivity index (χ0v) is 25.0. The van der Waals surface area contributed by atoms with Gasteiger partial charge in [-0.25, -0.2) is 19.9 Å². The van der Waals surface area contributed by atoms with E-state index in [0.29, 0.717) is 17.2 Å². The molecule has 0 bridgehead atoms. The molecule has 0 fully saturated rings. The number of aryl methyl sites for hydroxylation is 1. The topological polar surface area (TPSA) is 126 Å². The van der Waals surface area contributed by atoms with Crippen LogP contribution in [0.4, 0.5) is 5.95 Å². The third kappa shape index (κ3) is 7.31. The summed E-state index contributed by atoms with van der Waals surface area (Å²) in [7, 11) is 0. The summed E-state index contributed by atoms with van der Waals surface area (Å²) >= 11 is 6.80. The first-order valence-electron chi connectivity index (χ1n) is 12.8. The summed E-state index contributed by atoms with van der Waals surface area (Å²) in [6.07, 6.45) is 13.1. The molecule has 10 heteroatoms. The highest BCUT2D eigenvalue weighted by Crippen LogP contribution is 2.29. The number of hydrogen-bond donors (Lipinski definition) is 3. The van der Waals surface area contributed by atoms with Crippen molar-refractivity contribution in [2.75, 3.05) is 5.73 Å². The summed E-state index contributed by atoms with van der Waals surface area (Å²) in [5, 5.41) is 1.82. The van der Waals surface area contributed by atoms with Gasteiger partial charge in [-0.15, -0.1) is 0 Å². The summed E-state index contributed by atoms with van der Waals surface area (Å²) in [5.41, 5.74) is 10.8. The summed E-state index contributed by atoms with van der Waals surface area (Å²) in [6, 6.07) is 5.91. The molecule has 0 aliphatic carbocycles. The molecule has 0 aromatic carbocycles. The molecule has 0 aliphatic rings. The summed E-state index contributed by atoms with van der Waals surface area (Å²) in [5.74, 6) is 5.75. The minimum absolute atomic E-state index is 0.155. The molecule has 5 heterocycles. The largest absolute Gasteiger partial charge is 0.368 e. The van der Waals surface area contributed by atoms with Gasteiger partial charge in [-0.1, -0.05) is 32.6 Å². The number of aromatic nitrogens is 6. The molecule has 39 heavy (non-hydrogen) atoms. The van der Waals surface area contributed by atoms with E-state index < -0.39 is 0 Å². The van der Waals surface area contributed by atoms with Crippen LogP contribution in [-0.2, 0) is 6.42 Å². The number of nitrogen functional groups attached to an aromatic ring is 1. The number of ketones is 1. The average Bonchev–Trinajstić information content (AvgIpc) is 3.53. The lowest BCUT2D eigenvalue weighted by atomic mass is 10.1. The number of H-pyrrole nitrogens is 2. The molecule has 5 aromatic heterocycles. The Morgan fingerprint density at radius 1 is 0.923 bits per heavy atom. The maximum absolute atomic E-state index is 12.0. The summed E-state index contributed by atoms with van der Waals surface area (Å²) < 4.78 is 1.78. The highest BCUT2D eigenvalue weighted by Gasteiger charge is 2.12. The Morgan fingerprint density at radius 3 is 2.31 bits per heavy atom. The van der Waals surface area contributed by atoms with Gasteiger partial charge in [0.15, 0.2) is 0 Å². The molecule has 0 unspecified atom stereocenters. The highest BCUT2D eigenvalue weighted by molar-refractivity contribution is 9.10. The maximum Gasteiger partial charge on any atom is 0.238 e. The number of pyridine rings is 2. The third-order valence-corrected chi connectivity index (χ3v) is 6.82. The van der Waals surface area contributed by atoms with E-state index in [4.69, 9.17) is 5.73 Å². The van der Waals surface area contributed by atoms with Crippen molar-refractivity contribution in [1.82, 2.24) is 29.9 Å². The van der Waals surface area contributed by atoms with Gasteiger partial charge in [-0.2, -0.15) is 0 Å². The predicted molar refractivity (Wildman–Crippen MR) is 163 cm³/mol. The van der Waals surface area contributed by atoms with E-state index in [1.165, 1.54) is 0 Å². The minimum Gasteiger partial charge on any atom is -0.368 e. The van der Waals surface area contributed by atoms with Crippen LogP contribution in [0.3, 0.4) is 0 Å². The second kappa shape index (κ2) is 13.5.